The molecule has 0 amide bonds. The number of carbonyl (C=O) groups excluding carboxylic acids is 1. The van der Waals surface area contributed by atoms with Crippen LogP contribution in [0, 0.1) is 0 Å². The third-order valence-electron chi connectivity index (χ3n) is 2.67. The summed E-state index contributed by atoms with van der Waals surface area (Å²) >= 11 is 0. The Labute approximate surface area is 117 Å². The summed E-state index contributed by atoms with van der Waals surface area (Å²) in [6, 6.07) is 7.21. The molecule has 1 heterocycles. The van der Waals surface area contributed by atoms with Gasteiger partial charge < -0.3 is 9.15 Å². The lowest BCUT2D eigenvalue weighted by molar-refractivity contribution is -0.141. The van der Waals surface area contributed by atoms with E-state index in [0.29, 0.717) is 5.39 Å². The average Bonchev–Trinajstić information content (AvgIpc) is 2.36. The highest BCUT2D eigenvalue weighted by molar-refractivity contribution is 5.79. The van der Waals surface area contributed by atoms with E-state index in [1.807, 2.05) is 0 Å². The van der Waals surface area contributed by atoms with Crippen LogP contribution in [0.3, 0.4) is 0 Å². The number of carbonyl (C=O) groups is 1. The van der Waals surface area contributed by atoms with Crippen LogP contribution in [0.5, 0.6) is 5.75 Å². The highest BCUT2D eigenvalue weighted by atomic mass is 19.4. The minimum absolute atomic E-state index is 0.119. The van der Waals surface area contributed by atoms with Crippen molar-refractivity contribution < 1.29 is 27.1 Å². The number of fused-ring (bicyclic) bond motifs is 1. The van der Waals surface area contributed by atoms with Gasteiger partial charge in [0.1, 0.15) is 11.3 Å². The highest BCUT2D eigenvalue weighted by Crippen LogP contribution is 2.23. The Hall–Kier alpha value is -2.31. The van der Waals surface area contributed by atoms with E-state index in [-0.39, 0.29) is 24.2 Å². The van der Waals surface area contributed by atoms with E-state index in [1.54, 1.807) is 12.1 Å². The maximum absolute atomic E-state index is 12.0. The lowest BCUT2D eigenvalue weighted by Crippen LogP contribution is -2.11. The highest BCUT2D eigenvalue weighted by Gasteiger charge is 2.26. The molecule has 0 saturated heterocycles. The van der Waals surface area contributed by atoms with Gasteiger partial charge in [-0.05, 0) is 24.6 Å². The molecule has 0 unspecified atom stereocenters. The van der Waals surface area contributed by atoms with Gasteiger partial charge in [0.2, 0.25) is 0 Å². The van der Waals surface area contributed by atoms with E-state index in [0.717, 1.165) is 0 Å². The number of halogens is 3. The molecule has 0 aliphatic rings. The van der Waals surface area contributed by atoms with Gasteiger partial charge in [-0.1, -0.05) is 0 Å². The molecule has 2 aromatic rings. The molecule has 4 nitrogen and oxygen atoms in total. The monoisotopic (exact) mass is 300 g/mol. The molecule has 0 aliphatic heterocycles. The number of ether oxygens (including phenoxy) is 1. The minimum Gasteiger partial charge on any atom is -0.426 e. The molecular weight excluding hydrogens is 289 g/mol. The van der Waals surface area contributed by atoms with Crippen LogP contribution in [0.15, 0.2) is 39.5 Å². The third-order valence-corrected chi connectivity index (χ3v) is 2.67. The Balaban J connectivity index is 1.99. The predicted octanol–water partition coefficient (Wildman–Crippen LogP) is 3.43. The summed E-state index contributed by atoms with van der Waals surface area (Å²) in [4.78, 5) is 22.5. The largest absolute Gasteiger partial charge is 0.426 e. The lowest BCUT2D eigenvalue weighted by atomic mass is 10.2. The van der Waals surface area contributed by atoms with Crippen LogP contribution in [0.2, 0.25) is 0 Å². The Morgan fingerprint density at radius 1 is 1.19 bits per heavy atom. The van der Waals surface area contributed by atoms with Crippen LogP contribution in [0.25, 0.3) is 11.0 Å². The van der Waals surface area contributed by atoms with Crippen LogP contribution in [-0.2, 0) is 4.79 Å². The van der Waals surface area contributed by atoms with Crippen LogP contribution in [0.1, 0.15) is 19.3 Å². The van der Waals surface area contributed by atoms with Gasteiger partial charge in [0, 0.05) is 30.4 Å². The number of rotatable bonds is 4. The minimum atomic E-state index is -4.29. The topological polar surface area (TPSA) is 56.5 Å². The standard InChI is InChI=1S/C14H11F3O4/c15-14(16,17)7-1-2-12(18)20-10-5-3-9-4-6-13(19)21-11(9)8-10/h3-6,8H,1-2,7H2. The average molecular weight is 300 g/mol. The summed E-state index contributed by atoms with van der Waals surface area (Å²) in [5.41, 5.74) is -0.306. The Morgan fingerprint density at radius 2 is 1.90 bits per heavy atom. The Bertz CT molecular complexity index is 703. The zero-order valence-corrected chi connectivity index (χ0v) is 10.8. The van der Waals surface area contributed by atoms with Gasteiger partial charge in [-0.15, -0.1) is 0 Å². The molecule has 1 aromatic carbocycles. The summed E-state index contributed by atoms with van der Waals surface area (Å²) in [5, 5.41) is 0.645. The van der Waals surface area contributed by atoms with Gasteiger partial charge >= 0.3 is 17.8 Å². The van der Waals surface area contributed by atoms with Gasteiger partial charge in [0.15, 0.2) is 0 Å². The first kappa shape index (κ1) is 15.1. The Kier molecular flexibility index (Phi) is 4.30. The smallest absolute Gasteiger partial charge is 0.389 e. The van der Waals surface area contributed by atoms with Crippen molar-refractivity contribution in [2.24, 2.45) is 0 Å². The van der Waals surface area contributed by atoms with E-state index in [4.69, 9.17) is 9.15 Å². The zero-order valence-electron chi connectivity index (χ0n) is 10.8. The lowest BCUT2D eigenvalue weighted by Gasteiger charge is -2.06. The van der Waals surface area contributed by atoms with Crippen molar-refractivity contribution >= 4 is 16.9 Å². The summed E-state index contributed by atoms with van der Waals surface area (Å²) < 4.78 is 45.7. The molecule has 0 N–H and O–H groups in total. The zero-order chi connectivity index (χ0) is 15.5. The van der Waals surface area contributed by atoms with Gasteiger partial charge in [-0.2, -0.15) is 13.2 Å². The summed E-state index contributed by atoms with van der Waals surface area (Å²) in [6.07, 6.45) is -5.98. The molecule has 1 aromatic heterocycles. The van der Waals surface area contributed by atoms with Crippen molar-refractivity contribution in [3.05, 3.63) is 40.8 Å². The quantitative estimate of drug-likeness (QED) is 0.493. The third kappa shape index (κ3) is 4.62. The molecule has 0 bridgehead atoms. The van der Waals surface area contributed by atoms with E-state index < -0.39 is 24.2 Å². The second-order valence-electron chi connectivity index (χ2n) is 4.40. The van der Waals surface area contributed by atoms with Crippen LogP contribution < -0.4 is 10.4 Å². The fourth-order valence-electron chi connectivity index (χ4n) is 1.72. The van der Waals surface area contributed by atoms with Gasteiger partial charge in [0.05, 0.1) is 0 Å². The van der Waals surface area contributed by atoms with Crippen LogP contribution in [-0.4, -0.2) is 12.1 Å². The van der Waals surface area contributed by atoms with E-state index in [1.165, 1.54) is 18.2 Å². The van der Waals surface area contributed by atoms with Crippen molar-refractivity contribution in [3.63, 3.8) is 0 Å². The first-order valence-electron chi connectivity index (χ1n) is 6.15. The van der Waals surface area contributed by atoms with Crippen molar-refractivity contribution in [3.8, 4) is 5.75 Å². The van der Waals surface area contributed by atoms with Gasteiger partial charge in [-0.25, -0.2) is 4.79 Å². The molecule has 2 rings (SSSR count). The van der Waals surface area contributed by atoms with Crippen molar-refractivity contribution in [1.29, 1.82) is 0 Å². The molecular formula is C14H11F3O4. The van der Waals surface area contributed by atoms with Gasteiger partial charge in [0.25, 0.3) is 0 Å². The SMILES string of the molecule is O=C(CCCC(F)(F)F)Oc1ccc2ccc(=O)oc2c1. The second kappa shape index (κ2) is 5.99. The van der Waals surface area contributed by atoms with E-state index in [9.17, 15) is 22.8 Å². The fourth-order valence-corrected chi connectivity index (χ4v) is 1.72. The summed E-state index contributed by atoms with van der Waals surface area (Å²) in [6.45, 7) is 0. The molecule has 0 spiro atoms. The molecule has 0 atom stereocenters. The molecule has 0 fully saturated rings. The number of esters is 1. The van der Waals surface area contributed by atoms with Crippen molar-refractivity contribution in [2.45, 2.75) is 25.4 Å². The van der Waals surface area contributed by atoms with Crippen LogP contribution in [0.4, 0.5) is 13.2 Å². The number of benzene rings is 1. The molecule has 0 saturated carbocycles. The van der Waals surface area contributed by atoms with Crippen molar-refractivity contribution in [2.75, 3.05) is 0 Å². The van der Waals surface area contributed by atoms with Crippen molar-refractivity contribution in [1.82, 2.24) is 0 Å². The molecule has 112 valence electrons. The predicted molar refractivity (Wildman–Crippen MR) is 68.0 cm³/mol. The van der Waals surface area contributed by atoms with E-state index >= 15 is 0 Å². The molecule has 0 radical (unpaired) electrons. The number of hydrogen-bond acceptors (Lipinski definition) is 4. The molecule has 0 aliphatic carbocycles. The molecule has 7 heteroatoms. The molecule has 21 heavy (non-hydrogen) atoms. The maximum Gasteiger partial charge on any atom is 0.389 e. The summed E-state index contributed by atoms with van der Waals surface area (Å²) in [7, 11) is 0. The number of alkyl halides is 3. The van der Waals surface area contributed by atoms with Crippen LogP contribution >= 0.6 is 0 Å². The fraction of sp³-hybridized carbons (Fsp3) is 0.286. The van der Waals surface area contributed by atoms with E-state index in [2.05, 4.69) is 0 Å². The normalized spacial score (nSPS) is 11.6. The first-order chi connectivity index (χ1) is 9.83. The maximum atomic E-state index is 12.0. The first-order valence-corrected chi connectivity index (χ1v) is 6.15. The van der Waals surface area contributed by atoms with Gasteiger partial charge in [-0.3, -0.25) is 4.79 Å². The summed E-state index contributed by atoms with van der Waals surface area (Å²) in [5.74, 6) is -0.647. The second-order valence-corrected chi connectivity index (χ2v) is 4.40. The number of hydrogen-bond donors (Lipinski definition) is 0. The Morgan fingerprint density at radius 3 is 2.62 bits per heavy atom.